The highest BCUT2D eigenvalue weighted by Gasteiger charge is 2.14. The molecule has 0 spiro atoms. The highest BCUT2D eigenvalue weighted by atomic mass is 16.5. The molecule has 154 valence electrons. The second kappa shape index (κ2) is 11.6. The Labute approximate surface area is 171 Å². The summed E-state index contributed by atoms with van der Waals surface area (Å²) < 4.78 is 10.4. The lowest BCUT2D eigenvalue weighted by molar-refractivity contribution is -0.148. The summed E-state index contributed by atoms with van der Waals surface area (Å²) in [5.41, 5.74) is 1.47. The van der Waals surface area contributed by atoms with E-state index in [4.69, 9.17) is 9.47 Å². The van der Waals surface area contributed by atoms with Crippen LogP contribution in [0.1, 0.15) is 55.1 Å². The van der Waals surface area contributed by atoms with E-state index in [0.29, 0.717) is 17.9 Å². The monoisotopic (exact) mass is 397 g/mol. The first-order chi connectivity index (χ1) is 14.0. The molecule has 2 aromatic carbocycles. The van der Waals surface area contributed by atoms with Gasteiger partial charge in [-0.1, -0.05) is 37.3 Å². The van der Waals surface area contributed by atoms with Crippen molar-refractivity contribution < 1.29 is 23.9 Å². The number of amides is 1. The van der Waals surface area contributed by atoms with Crippen LogP contribution >= 0.6 is 0 Å². The second-order valence-electron chi connectivity index (χ2n) is 6.66. The Kier molecular flexibility index (Phi) is 8.89. The molecule has 0 heterocycles. The van der Waals surface area contributed by atoms with Gasteiger partial charge in [0.05, 0.1) is 19.1 Å². The average molecular weight is 397 g/mol. The van der Waals surface area contributed by atoms with Crippen LogP contribution in [0.5, 0.6) is 5.75 Å². The summed E-state index contributed by atoms with van der Waals surface area (Å²) in [4.78, 5) is 36.0. The zero-order valence-electron chi connectivity index (χ0n) is 16.9. The van der Waals surface area contributed by atoms with Crippen molar-refractivity contribution in [3.8, 4) is 5.75 Å². The van der Waals surface area contributed by atoms with Gasteiger partial charge < -0.3 is 14.8 Å². The minimum atomic E-state index is -0.580. The maximum Gasteiger partial charge on any atom is 0.306 e. The van der Waals surface area contributed by atoms with Crippen molar-refractivity contribution in [3.63, 3.8) is 0 Å². The smallest absolute Gasteiger partial charge is 0.306 e. The lowest BCUT2D eigenvalue weighted by atomic mass is 10.1. The van der Waals surface area contributed by atoms with Crippen LogP contribution in [0.4, 0.5) is 0 Å². The molecule has 0 radical (unpaired) electrons. The molecule has 2 rings (SSSR count). The third-order valence-corrected chi connectivity index (χ3v) is 4.25. The van der Waals surface area contributed by atoms with Crippen LogP contribution in [0.3, 0.4) is 0 Å². The first-order valence-electron chi connectivity index (χ1n) is 9.75. The van der Waals surface area contributed by atoms with Crippen LogP contribution in [-0.2, 0) is 14.3 Å². The molecular weight excluding hydrogens is 370 g/mol. The zero-order chi connectivity index (χ0) is 21.1. The predicted octanol–water partition coefficient (Wildman–Crippen LogP) is 3.86. The maximum atomic E-state index is 12.2. The van der Waals surface area contributed by atoms with E-state index in [2.05, 4.69) is 5.32 Å². The molecule has 1 N–H and O–H groups in total. The van der Waals surface area contributed by atoms with Gasteiger partial charge in [0.1, 0.15) is 5.75 Å². The van der Waals surface area contributed by atoms with Crippen LogP contribution in [-0.4, -0.2) is 30.9 Å². The lowest BCUT2D eigenvalue weighted by Gasteiger charge is -2.14. The Bertz CT molecular complexity index is 802. The van der Waals surface area contributed by atoms with Crippen molar-refractivity contribution >= 4 is 17.7 Å². The van der Waals surface area contributed by atoms with Gasteiger partial charge in [0.25, 0.3) is 5.91 Å². The number of nitrogens with one attached hydrogen (secondary N) is 1. The molecule has 0 aromatic heterocycles. The zero-order valence-corrected chi connectivity index (χ0v) is 16.9. The molecule has 6 nitrogen and oxygen atoms in total. The number of hydrogen-bond acceptors (Lipinski definition) is 5. The van der Waals surface area contributed by atoms with E-state index in [1.54, 1.807) is 24.3 Å². The lowest BCUT2D eigenvalue weighted by Crippen LogP contribution is -2.31. The third kappa shape index (κ3) is 7.78. The van der Waals surface area contributed by atoms with E-state index >= 15 is 0 Å². The Morgan fingerprint density at radius 2 is 1.66 bits per heavy atom. The molecule has 0 aliphatic heterocycles. The summed E-state index contributed by atoms with van der Waals surface area (Å²) in [5, 5.41) is 2.77. The van der Waals surface area contributed by atoms with Crippen molar-refractivity contribution in [2.24, 2.45) is 0 Å². The molecule has 29 heavy (non-hydrogen) atoms. The molecule has 1 unspecified atom stereocenters. The summed E-state index contributed by atoms with van der Waals surface area (Å²) in [6.45, 7) is 4.13. The summed E-state index contributed by atoms with van der Waals surface area (Å²) in [7, 11) is 0. The number of carbonyl (C=O) groups is 3. The molecular formula is C23H27NO5. The van der Waals surface area contributed by atoms with Crippen LogP contribution in [0.2, 0.25) is 0 Å². The minimum Gasteiger partial charge on any atom is -0.494 e. The van der Waals surface area contributed by atoms with Crippen molar-refractivity contribution in [2.45, 2.75) is 39.2 Å². The molecule has 0 bridgehead atoms. The van der Waals surface area contributed by atoms with E-state index in [1.165, 1.54) is 0 Å². The van der Waals surface area contributed by atoms with Crippen LogP contribution in [0, 0.1) is 0 Å². The van der Waals surface area contributed by atoms with Gasteiger partial charge in [-0.05, 0) is 43.2 Å². The van der Waals surface area contributed by atoms with E-state index in [0.717, 1.165) is 12.0 Å². The Hall–Kier alpha value is -3.15. The van der Waals surface area contributed by atoms with Gasteiger partial charge in [0.2, 0.25) is 0 Å². The molecule has 0 fully saturated rings. The fourth-order valence-corrected chi connectivity index (χ4v) is 2.64. The van der Waals surface area contributed by atoms with E-state index in [-0.39, 0.29) is 37.2 Å². The number of rotatable bonds is 11. The summed E-state index contributed by atoms with van der Waals surface area (Å²) in [5.74, 6) is -0.419. The van der Waals surface area contributed by atoms with Crippen LogP contribution in [0.25, 0.3) is 0 Å². The van der Waals surface area contributed by atoms with Crippen molar-refractivity contribution in [1.82, 2.24) is 5.32 Å². The van der Waals surface area contributed by atoms with Crippen molar-refractivity contribution in [3.05, 3.63) is 65.7 Å². The fraction of sp³-hybridized carbons (Fsp3) is 0.348. The Balaban J connectivity index is 1.69. The standard InChI is InChI=1S/C23H27NO5/c1-3-15-28-20-11-9-19(10-12-20)21(25)13-14-23(27)29-16-22(26)24-17(2)18-7-5-4-6-8-18/h4-12,17H,3,13-16H2,1-2H3,(H,24,26). The Morgan fingerprint density at radius 3 is 2.31 bits per heavy atom. The normalized spacial score (nSPS) is 11.4. The molecule has 1 atom stereocenters. The number of Topliss-reactive ketones (excluding diaryl/α,β-unsaturated/α-hetero) is 1. The van der Waals surface area contributed by atoms with Gasteiger partial charge in [0.15, 0.2) is 12.4 Å². The highest BCUT2D eigenvalue weighted by molar-refractivity contribution is 5.97. The Morgan fingerprint density at radius 1 is 0.966 bits per heavy atom. The number of ether oxygens (including phenoxy) is 2. The first-order valence-corrected chi connectivity index (χ1v) is 9.75. The molecule has 2 aromatic rings. The number of hydrogen-bond donors (Lipinski definition) is 1. The van der Waals surface area contributed by atoms with Crippen LogP contribution in [0.15, 0.2) is 54.6 Å². The maximum absolute atomic E-state index is 12.2. The summed E-state index contributed by atoms with van der Waals surface area (Å²) in [6.07, 6.45) is 0.858. The van der Waals surface area contributed by atoms with Gasteiger partial charge in [0, 0.05) is 12.0 Å². The first kappa shape index (κ1) is 22.1. The third-order valence-electron chi connectivity index (χ3n) is 4.25. The van der Waals surface area contributed by atoms with Gasteiger partial charge in [-0.3, -0.25) is 14.4 Å². The molecule has 0 aliphatic rings. The highest BCUT2D eigenvalue weighted by Crippen LogP contribution is 2.15. The fourth-order valence-electron chi connectivity index (χ4n) is 2.64. The van der Waals surface area contributed by atoms with E-state index < -0.39 is 5.97 Å². The molecule has 1 amide bonds. The van der Waals surface area contributed by atoms with Gasteiger partial charge in [-0.25, -0.2) is 0 Å². The second-order valence-corrected chi connectivity index (χ2v) is 6.66. The summed E-state index contributed by atoms with van der Waals surface area (Å²) in [6, 6.07) is 16.1. The quantitative estimate of drug-likeness (QED) is 0.460. The molecule has 6 heteroatoms. The van der Waals surface area contributed by atoms with Crippen LogP contribution < -0.4 is 10.1 Å². The largest absolute Gasteiger partial charge is 0.494 e. The van der Waals surface area contributed by atoms with Crippen molar-refractivity contribution in [2.75, 3.05) is 13.2 Å². The van der Waals surface area contributed by atoms with Gasteiger partial charge in [-0.15, -0.1) is 0 Å². The van der Waals surface area contributed by atoms with E-state index in [1.807, 2.05) is 44.2 Å². The number of benzene rings is 2. The predicted molar refractivity (Wildman–Crippen MR) is 110 cm³/mol. The molecule has 0 saturated heterocycles. The average Bonchev–Trinajstić information content (AvgIpc) is 2.75. The van der Waals surface area contributed by atoms with Crippen molar-refractivity contribution in [1.29, 1.82) is 0 Å². The SMILES string of the molecule is CCCOc1ccc(C(=O)CCC(=O)OCC(=O)NC(C)c2ccccc2)cc1. The van der Waals surface area contributed by atoms with Gasteiger partial charge >= 0.3 is 5.97 Å². The number of carbonyl (C=O) groups excluding carboxylic acids is 3. The minimum absolute atomic E-state index is 0.0238. The summed E-state index contributed by atoms with van der Waals surface area (Å²) >= 11 is 0. The van der Waals surface area contributed by atoms with E-state index in [9.17, 15) is 14.4 Å². The number of ketones is 1. The topological polar surface area (TPSA) is 81.7 Å². The number of esters is 1. The van der Waals surface area contributed by atoms with Gasteiger partial charge in [-0.2, -0.15) is 0 Å². The molecule has 0 saturated carbocycles. The molecule has 0 aliphatic carbocycles.